The molecule has 0 aliphatic heterocycles. The van der Waals surface area contributed by atoms with E-state index in [1.54, 1.807) is 0 Å². The Bertz CT molecular complexity index is 333. The van der Waals surface area contributed by atoms with E-state index in [-0.39, 0.29) is 0 Å². The van der Waals surface area contributed by atoms with E-state index in [2.05, 4.69) is 11.7 Å². The Morgan fingerprint density at radius 2 is 1.43 bits per heavy atom. The van der Waals surface area contributed by atoms with E-state index in [4.69, 9.17) is 0 Å². The van der Waals surface area contributed by atoms with Crippen LogP contribution >= 0.6 is 0 Å². The fraction of sp³-hybridized carbons (Fsp3) is 0.222. The van der Waals surface area contributed by atoms with Crippen LogP contribution in [0.2, 0.25) is 0 Å². The molecule has 0 spiro atoms. The number of benzene rings is 1. The molecule has 0 saturated carbocycles. The van der Waals surface area contributed by atoms with E-state index in [0.29, 0.717) is 0 Å². The van der Waals surface area contributed by atoms with Crippen LogP contribution < -0.4 is 0 Å². The van der Waals surface area contributed by atoms with Gasteiger partial charge in [-0.3, -0.25) is 0 Å². The second-order valence-corrected chi connectivity index (χ2v) is 2.65. The summed E-state index contributed by atoms with van der Waals surface area (Å²) in [5.74, 6) is -5.90. The van der Waals surface area contributed by atoms with Crippen LogP contribution in [0.1, 0.15) is 11.1 Å². The van der Waals surface area contributed by atoms with Gasteiger partial charge in [0.2, 0.25) is 0 Å². The molecule has 1 rings (SSSR count). The number of rotatable bonds is 2. The van der Waals surface area contributed by atoms with Gasteiger partial charge in [-0.25, -0.2) is 17.6 Å². The molecule has 0 fully saturated rings. The summed E-state index contributed by atoms with van der Waals surface area (Å²) in [5.41, 5.74) is -1.69. The van der Waals surface area contributed by atoms with Crippen LogP contribution in [0.15, 0.2) is 0 Å². The van der Waals surface area contributed by atoms with E-state index in [1.165, 1.54) is 0 Å². The highest BCUT2D eigenvalue weighted by Gasteiger charge is 2.22. The number of halogens is 4. The van der Waals surface area contributed by atoms with Gasteiger partial charge in [0, 0.05) is 12.7 Å². The molecule has 1 aromatic carbocycles. The Kier molecular flexibility index (Phi) is 3.10. The number of hydrogen-bond donors (Lipinski definition) is 0. The van der Waals surface area contributed by atoms with Crippen molar-refractivity contribution in [2.24, 2.45) is 0 Å². The lowest BCUT2D eigenvalue weighted by Crippen LogP contribution is -2.06. The van der Waals surface area contributed by atoms with Crippen LogP contribution in [0.4, 0.5) is 17.6 Å². The first-order valence-electron chi connectivity index (χ1n) is 3.66. The summed E-state index contributed by atoms with van der Waals surface area (Å²) in [6.45, 7) is 2.34. The van der Waals surface area contributed by atoms with Crippen LogP contribution in [0.3, 0.4) is 0 Å². The fourth-order valence-corrected chi connectivity index (χ4v) is 0.994. The zero-order valence-electron chi connectivity index (χ0n) is 7.33. The molecule has 0 N–H and O–H groups in total. The maximum Gasteiger partial charge on any atom is 0.167 e. The zero-order valence-corrected chi connectivity index (χ0v) is 7.33. The number of ether oxygens (including phenoxy) is 1. The van der Waals surface area contributed by atoms with E-state index in [9.17, 15) is 17.6 Å². The predicted octanol–water partition coefficient (Wildman–Crippen LogP) is 2.57. The Hall–Kier alpha value is -1.10. The molecule has 0 aliphatic rings. The van der Waals surface area contributed by atoms with Gasteiger partial charge in [-0.2, -0.15) is 0 Å². The monoisotopic (exact) mass is 207 g/mol. The SMILES string of the molecule is [CH2]c1c(F)c(F)c(COC)c(F)c1F. The van der Waals surface area contributed by atoms with E-state index >= 15 is 0 Å². The molecule has 0 heterocycles. The standard InChI is InChI=1S/C9H7F4O/c1-4-6(10)8(12)5(3-14-2)9(13)7(4)11/h1,3H2,2H3. The van der Waals surface area contributed by atoms with Gasteiger partial charge in [-0.05, 0) is 6.92 Å². The largest absolute Gasteiger partial charge is 0.380 e. The van der Waals surface area contributed by atoms with Crippen molar-refractivity contribution in [2.45, 2.75) is 6.61 Å². The average Bonchev–Trinajstić information content (AvgIpc) is 2.19. The van der Waals surface area contributed by atoms with E-state index in [1.807, 2.05) is 0 Å². The van der Waals surface area contributed by atoms with Crippen molar-refractivity contribution in [3.63, 3.8) is 0 Å². The number of hydrogen-bond acceptors (Lipinski definition) is 1. The molecule has 5 heteroatoms. The summed E-state index contributed by atoms with van der Waals surface area (Å²) in [7, 11) is 1.16. The van der Waals surface area contributed by atoms with E-state index < -0.39 is 41.0 Å². The maximum atomic E-state index is 13.0. The van der Waals surface area contributed by atoms with Crippen LogP contribution in [-0.4, -0.2) is 7.11 Å². The third-order valence-corrected chi connectivity index (χ3v) is 1.73. The van der Waals surface area contributed by atoms with Gasteiger partial charge in [0.1, 0.15) is 0 Å². The highest BCUT2D eigenvalue weighted by Crippen LogP contribution is 2.23. The molecular formula is C9H7F4O. The lowest BCUT2D eigenvalue weighted by atomic mass is 10.1. The fourth-order valence-electron chi connectivity index (χ4n) is 0.994. The highest BCUT2D eigenvalue weighted by molar-refractivity contribution is 5.31. The molecule has 1 radical (unpaired) electrons. The minimum atomic E-state index is -1.49. The third kappa shape index (κ3) is 1.59. The Morgan fingerprint density at radius 1 is 1.00 bits per heavy atom. The first kappa shape index (κ1) is 11.0. The molecule has 0 aliphatic carbocycles. The molecule has 14 heavy (non-hydrogen) atoms. The first-order valence-corrected chi connectivity index (χ1v) is 3.66. The van der Waals surface area contributed by atoms with Gasteiger partial charge in [-0.1, -0.05) is 0 Å². The molecule has 0 bridgehead atoms. The van der Waals surface area contributed by atoms with Crippen molar-refractivity contribution in [1.29, 1.82) is 0 Å². The molecule has 77 valence electrons. The number of methoxy groups -OCH3 is 1. The summed E-state index contributed by atoms with van der Waals surface area (Å²) in [4.78, 5) is 0. The predicted molar refractivity (Wildman–Crippen MR) is 41.4 cm³/mol. The van der Waals surface area contributed by atoms with Gasteiger partial charge in [0.05, 0.1) is 12.2 Å². The molecular weight excluding hydrogens is 200 g/mol. The minimum absolute atomic E-state index is 0.536. The van der Waals surface area contributed by atoms with Gasteiger partial charge in [-0.15, -0.1) is 0 Å². The summed E-state index contributed by atoms with van der Waals surface area (Å²) in [6, 6.07) is 0. The maximum absolute atomic E-state index is 13.0. The van der Waals surface area contributed by atoms with Crippen LogP contribution in [0.25, 0.3) is 0 Å². The molecule has 1 aromatic rings. The van der Waals surface area contributed by atoms with Gasteiger partial charge in [0.15, 0.2) is 23.3 Å². The van der Waals surface area contributed by atoms with Crippen molar-refractivity contribution in [1.82, 2.24) is 0 Å². The molecule has 0 unspecified atom stereocenters. The third-order valence-electron chi connectivity index (χ3n) is 1.73. The topological polar surface area (TPSA) is 9.23 Å². The van der Waals surface area contributed by atoms with Crippen LogP contribution in [0, 0.1) is 30.2 Å². The highest BCUT2D eigenvalue weighted by atomic mass is 19.2. The average molecular weight is 207 g/mol. The van der Waals surface area contributed by atoms with Crippen molar-refractivity contribution in [3.8, 4) is 0 Å². The second kappa shape index (κ2) is 3.96. The summed E-state index contributed by atoms with van der Waals surface area (Å²) in [6.07, 6.45) is 0. The first-order chi connectivity index (χ1) is 6.50. The van der Waals surface area contributed by atoms with Gasteiger partial charge < -0.3 is 4.74 Å². The van der Waals surface area contributed by atoms with Crippen molar-refractivity contribution in [2.75, 3.05) is 7.11 Å². The lowest BCUT2D eigenvalue weighted by molar-refractivity contribution is 0.175. The minimum Gasteiger partial charge on any atom is -0.380 e. The normalized spacial score (nSPS) is 10.7. The quantitative estimate of drug-likeness (QED) is 0.535. The molecule has 0 atom stereocenters. The van der Waals surface area contributed by atoms with Gasteiger partial charge in [0.25, 0.3) is 0 Å². The lowest BCUT2D eigenvalue weighted by Gasteiger charge is -2.08. The Morgan fingerprint density at radius 3 is 1.79 bits per heavy atom. The van der Waals surface area contributed by atoms with Crippen LogP contribution in [-0.2, 0) is 11.3 Å². The zero-order chi connectivity index (χ0) is 10.9. The molecule has 1 nitrogen and oxygen atoms in total. The molecule has 0 aromatic heterocycles. The van der Waals surface area contributed by atoms with Crippen LogP contribution in [0.5, 0.6) is 0 Å². The second-order valence-electron chi connectivity index (χ2n) is 2.65. The van der Waals surface area contributed by atoms with E-state index in [0.717, 1.165) is 7.11 Å². The smallest absolute Gasteiger partial charge is 0.167 e. The summed E-state index contributed by atoms with van der Waals surface area (Å²) in [5, 5.41) is 0. The Balaban J connectivity index is 3.43. The molecule has 0 saturated heterocycles. The molecule has 0 amide bonds. The van der Waals surface area contributed by atoms with Crippen molar-refractivity contribution >= 4 is 0 Å². The summed E-state index contributed by atoms with van der Waals surface area (Å²) >= 11 is 0. The van der Waals surface area contributed by atoms with Crippen molar-refractivity contribution in [3.05, 3.63) is 41.3 Å². The summed E-state index contributed by atoms with van der Waals surface area (Å²) < 4.78 is 56.1. The Labute approximate surface area is 78.3 Å². The van der Waals surface area contributed by atoms with Crippen molar-refractivity contribution < 1.29 is 22.3 Å². The van der Waals surface area contributed by atoms with Gasteiger partial charge >= 0.3 is 0 Å².